The molecule has 0 bridgehead atoms. The Labute approximate surface area is 125 Å². The second kappa shape index (κ2) is 5.84. The van der Waals surface area contributed by atoms with Crippen LogP contribution in [0, 0.1) is 0 Å². The van der Waals surface area contributed by atoms with Crippen LogP contribution in [0.2, 0.25) is 0 Å². The number of rotatable bonds is 5. The van der Waals surface area contributed by atoms with E-state index in [1.54, 1.807) is 24.3 Å². The molecule has 2 N–H and O–H groups in total. The minimum atomic E-state index is -3.38. The zero-order valence-electron chi connectivity index (χ0n) is 12.0. The van der Waals surface area contributed by atoms with Crippen molar-refractivity contribution in [2.24, 2.45) is 0 Å². The first-order valence-electron chi connectivity index (χ1n) is 6.69. The average Bonchev–Trinajstić information content (AvgIpc) is 2.77. The van der Waals surface area contributed by atoms with Gasteiger partial charge in [-0.25, -0.2) is 16.8 Å². The summed E-state index contributed by atoms with van der Waals surface area (Å²) in [6.45, 7) is 0. The van der Waals surface area contributed by atoms with Crippen LogP contribution in [0.3, 0.4) is 0 Å². The van der Waals surface area contributed by atoms with E-state index >= 15 is 0 Å². The molecule has 0 aliphatic heterocycles. The van der Waals surface area contributed by atoms with Crippen molar-refractivity contribution in [2.75, 3.05) is 22.6 Å². The van der Waals surface area contributed by atoms with Crippen LogP contribution in [-0.4, -0.2) is 40.6 Å². The normalized spacial score (nSPS) is 23.0. The highest BCUT2D eigenvalue weighted by atomic mass is 32.2. The average molecular weight is 332 g/mol. The quantitative estimate of drug-likeness (QED) is 0.851. The van der Waals surface area contributed by atoms with Gasteiger partial charge in [-0.2, -0.15) is 0 Å². The van der Waals surface area contributed by atoms with Gasteiger partial charge in [-0.05, 0) is 31.4 Å². The van der Waals surface area contributed by atoms with Crippen LogP contribution in [0.1, 0.15) is 19.3 Å². The molecule has 2 rings (SSSR count). The van der Waals surface area contributed by atoms with Crippen molar-refractivity contribution < 1.29 is 16.8 Å². The van der Waals surface area contributed by atoms with Gasteiger partial charge in [0.2, 0.25) is 10.0 Å². The maximum atomic E-state index is 11.8. The first-order valence-corrected chi connectivity index (χ1v) is 10.5. The van der Waals surface area contributed by atoms with E-state index in [1.807, 2.05) is 0 Å². The van der Waals surface area contributed by atoms with Crippen LogP contribution in [-0.2, 0) is 19.9 Å². The summed E-state index contributed by atoms with van der Waals surface area (Å²) in [6.07, 6.45) is 4.57. The molecule has 0 aromatic heterocycles. The van der Waals surface area contributed by atoms with Crippen LogP contribution < -0.4 is 10.0 Å². The molecule has 118 valence electrons. The largest absolute Gasteiger partial charge is 0.379 e. The van der Waals surface area contributed by atoms with E-state index in [0.717, 1.165) is 19.1 Å². The zero-order valence-corrected chi connectivity index (χ0v) is 13.7. The number of hydrogen-bond donors (Lipinski definition) is 2. The number of sulfonamides is 1. The summed E-state index contributed by atoms with van der Waals surface area (Å²) in [5, 5.41) is 2.76. The van der Waals surface area contributed by atoms with E-state index in [4.69, 9.17) is 0 Å². The number of anilines is 2. The van der Waals surface area contributed by atoms with Crippen molar-refractivity contribution >= 4 is 31.2 Å². The lowest BCUT2D eigenvalue weighted by Gasteiger charge is -2.22. The molecule has 2 atom stereocenters. The number of nitrogens with one attached hydrogen (secondary N) is 2. The molecule has 0 saturated heterocycles. The second-order valence-electron chi connectivity index (χ2n) is 5.47. The molecule has 0 amide bonds. The molecular formula is C13H20N2O4S2. The maximum Gasteiger partial charge on any atom is 0.229 e. The van der Waals surface area contributed by atoms with Crippen molar-refractivity contribution in [1.29, 1.82) is 0 Å². The highest BCUT2D eigenvalue weighted by Gasteiger charge is 2.35. The first kappa shape index (κ1) is 16.1. The third kappa shape index (κ3) is 4.34. The van der Waals surface area contributed by atoms with Crippen molar-refractivity contribution in [3.05, 3.63) is 24.3 Å². The van der Waals surface area contributed by atoms with Gasteiger partial charge < -0.3 is 5.32 Å². The molecule has 0 radical (unpaired) electrons. The fourth-order valence-electron chi connectivity index (χ4n) is 2.70. The van der Waals surface area contributed by atoms with E-state index in [-0.39, 0.29) is 6.04 Å². The van der Waals surface area contributed by atoms with Crippen molar-refractivity contribution in [2.45, 2.75) is 30.6 Å². The highest BCUT2D eigenvalue weighted by molar-refractivity contribution is 7.92. The molecule has 1 aliphatic carbocycles. The minimum absolute atomic E-state index is 0.192. The van der Waals surface area contributed by atoms with Gasteiger partial charge in [-0.1, -0.05) is 12.1 Å². The highest BCUT2D eigenvalue weighted by Crippen LogP contribution is 2.31. The molecule has 8 heteroatoms. The molecule has 0 heterocycles. The monoisotopic (exact) mass is 332 g/mol. The Bertz CT molecular complexity index is 713. The van der Waals surface area contributed by atoms with Crippen LogP contribution in [0.15, 0.2) is 24.3 Å². The van der Waals surface area contributed by atoms with Crippen LogP contribution >= 0.6 is 0 Å². The summed E-state index contributed by atoms with van der Waals surface area (Å²) >= 11 is 0. The Balaban J connectivity index is 2.24. The molecule has 2 unspecified atom stereocenters. The number of benzene rings is 1. The Morgan fingerprint density at radius 2 is 1.62 bits per heavy atom. The molecule has 1 aliphatic rings. The smallest absolute Gasteiger partial charge is 0.229 e. The van der Waals surface area contributed by atoms with E-state index in [2.05, 4.69) is 10.0 Å². The second-order valence-corrected chi connectivity index (χ2v) is 9.48. The molecule has 6 nitrogen and oxygen atoms in total. The Kier molecular flexibility index (Phi) is 4.48. The molecule has 1 fully saturated rings. The lowest BCUT2D eigenvalue weighted by Crippen LogP contribution is -2.34. The summed E-state index contributed by atoms with van der Waals surface area (Å²) in [5.41, 5.74) is 1.03. The topological polar surface area (TPSA) is 92.3 Å². The van der Waals surface area contributed by atoms with Gasteiger partial charge in [0.25, 0.3) is 0 Å². The summed E-state index contributed by atoms with van der Waals surface area (Å²) < 4.78 is 48.8. The van der Waals surface area contributed by atoms with Gasteiger partial charge in [-0.3, -0.25) is 4.72 Å². The summed E-state index contributed by atoms with van der Waals surface area (Å²) in [5.74, 6) is 0. The summed E-state index contributed by atoms with van der Waals surface area (Å²) in [6, 6.07) is 6.70. The van der Waals surface area contributed by atoms with Crippen LogP contribution in [0.5, 0.6) is 0 Å². The van der Waals surface area contributed by atoms with Gasteiger partial charge in [0, 0.05) is 12.3 Å². The molecule has 1 aromatic rings. The fourth-order valence-corrected chi connectivity index (χ4v) is 4.67. The van der Waals surface area contributed by atoms with Gasteiger partial charge in [0.15, 0.2) is 9.84 Å². The number of para-hydroxylation sites is 2. The van der Waals surface area contributed by atoms with Crippen molar-refractivity contribution in [3.8, 4) is 0 Å². The molecular weight excluding hydrogens is 312 g/mol. The lowest BCUT2D eigenvalue weighted by atomic mass is 10.2. The SMILES string of the molecule is CS(=O)(=O)Nc1ccccc1NC1CCCC1S(C)(=O)=O. The Morgan fingerprint density at radius 3 is 2.19 bits per heavy atom. The molecule has 1 aromatic carbocycles. The Hall–Kier alpha value is -1.28. The van der Waals surface area contributed by atoms with E-state index < -0.39 is 25.1 Å². The lowest BCUT2D eigenvalue weighted by molar-refractivity contribution is 0.579. The third-order valence-electron chi connectivity index (χ3n) is 3.57. The standard InChI is InChI=1S/C13H20N2O4S2/c1-20(16,17)13-9-5-8-12(13)14-10-6-3-4-7-11(10)15-21(2,18)19/h3-4,6-7,12-15H,5,8-9H2,1-2H3. The first-order chi connectivity index (χ1) is 9.67. The molecule has 21 heavy (non-hydrogen) atoms. The predicted octanol–water partition coefficient (Wildman–Crippen LogP) is 1.44. The zero-order chi connectivity index (χ0) is 15.7. The Morgan fingerprint density at radius 1 is 1.00 bits per heavy atom. The minimum Gasteiger partial charge on any atom is -0.379 e. The third-order valence-corrected chi connectivity index (χ3v) is 5.82. The van der Waals surface area contributed by atoms with Gasteiger partial charge in [0.05, 0.1) is 22.9 Å². The summed E-state index contributed by atoms with van der Waals surface area (Å²) in [4.78, 5) is 0. The van der Waals surface area contributed by atoms with E-state index in [9.17, 15) is 16.8 Å². The van der Waals surface area contributed by atoms with E-state index in [0.29, 0.717) is 17.8 Å². The number of sulfone groups is 1. The van der Waals surface area contributed by atoms with Crippen molar-refractivity contribution in [3.63, 3.8) is 0 Å². The molecule has 0 spiro atoms. The maximum absolute atomic E-state index is 11.8. The number of hydrogen-bond acceptors (Lipinski definition) is 5. The summed E-state index contributed by atoms with van der Waals surface area (Å²) in [7, 11) is -6.50. The molecule has 1 saturated carbocycles. The fraction of sp³-hybridized carbons (Fsp3) is 0.538. The van der Waals surface area contributed by atoms with Crippen molar-refractivity contribution in [1.82, 2.24) is 0 Å². The van der Waals surface area contributed by atoms with Gasteiger partial charge >= 0.3 is 0 Å². The van der Waals surface area contributed by atoms with Crippen LogP contribution in [0.25, 0.3) is 0 Å². The predicted molar refractivity (Wildman–Crippen MR) is 84.8 cm³/mol. The van der Waals surface area contributed by atoms with Gasteiger partial charge in [-0.15, -0.1) is 0 Å². The van der Waals surface area contributed by atoms with Crippen LogP contribution in [0.4, 0.5) is 11.4 Å². The van der Waals surface area contributed by atoms with Gasteiger partial charge in [0.1, 0.15) is 0 Å². The van der Waals surface area contributed by atoms with E-state index in [1.165, 1.54) is 6.26 Å².